The molecule has 1 saturated carbocycles. The highest BCUT2D eigenvalue weighted by molar-refractivity contribution is 5.33. The number of hydrogen-bond donors (Lipinski definition) is 1. The molecule has 1 aromatic rings. The van der Waals surface area contributed by atoms with E-state index < -0.39 is 0 Å². The van der Waals surface area contributed by atoms with Crippen molar-refractivity contribution in [1.29, 1.82) is 5.26 Å². The average molecular weight is 234 g/mol. The average Bonchev–Trinajstić information content (AvgIpc) is 2.29. The van der Waals surface area contributed by atoms with Gasteiger partial charge < -0.3 is 10.1 Å². The molecule has 1 aromatic carbocycles. The van der Waals surface area contributed by atoms with Gasteiger partial charge in [-0.25, -0.2) is 4.39 Å². The molecule has 0 saturated heterocycles. The Morgan fingerprint density at radius 3 is 2.94 bits per heavy atom. The van der Waals surface area contributed by atoms with Crippen LogP contribution in [0.25, 0.3) is 0 Å². The Balaban J connectivity index is 1.89. The van der Waals surface area contributed by atoms with Gasteiger partial charge in [0.05, 0.1) is 17.7 Å². The number of nitrogens with zero attached hydrogens (tertiary/aromatic N) is 1. The number of rotatable bonds is 4. The second-order valence-corrected chi connectivity index (χ2v) is 4.32. The molecule has 0 radical (unpaired) electrons. The first-order valence-electron chi connectivity index (χ1n) is 5.67. The Bertz CT molecular complexity index is 436. The predicted molar refractivity (Wildman–Crippen MR) is 61.8 cm³/mol. The first kappa shape index (κ1) is 12.0. The van der Waals surface area contributed by atoms with Crippen molar-refractivity contribution >= 4 is 0 Å². The molecule has 0 spiro atoms. The monoisotopic (exact) mass is 234 g/mol. The fraction of sp³-hybridized carbons (Fsp3) is 0.462. The highest BCUT2D eigenvalue weighted by Gasteiger charge is 2.28. The number of benzene rings is 1. The van der Waals surface area contributed by atoms with Gasteiger partial charge in [0.2, 0.25) is 0 Å². The molecular weight excluding hydrogens is 219 g/mol. The van der Waals surface area contributed by atoms with Crippen LogP contribution in [0.3, 0.4) is 0 Å². The Labute approximate surface area is 100 Å². The van der Waals surface area contributed by atoms with Crippen LogP contribution in [0.4, 0.5) is 4.39 Å². The lowest BCUT2D eigenvalue weighted by molar-refractivity contribution is 0.0169. The molecular formula is C13H15FN2O. The lowest BCUT2D eigenvalue weighted by atomic mass is 9.89. The summed E-state index contributed by atoms with van der Waals surface area (Å²) in [5.41, 5.74) is 1.04. The zero-order valence-electron chi connectivity index (χ0n) is 9.74. The predicted octanol–water partition coefficient (Wildman–Crippen LogP) is 1.96. The summed E-state index contributed by atoms with van der Waals surface area (Å²) in [5, 5.41) is 12.0. The number of halogens is 1. The molecule has 90 valence electrons. The van der Waals surface area contributed by atoms with Gasteiger partial charge in [-0.2, -0.15) is 5.26 Å². The largest absolute Gasteiger partial charge is 0.381 e. The van der Waals surface area contributed by atoms with Crippen LogP contribution >= 0.6 is 0 Å². The van der Waals surface area contributed by atoms with E-state index in [2.05, 4.69) is 5.32 Å². The minimum atomic E-state index is -0.265. The first-order valence-corrected chi connectivity index (χ1v) is 5.67. The van der Waals surface area contributed by atoms with Gasteiger partial charge >= 0.3 is 0 Å². The summed E-state index contributed by atoms with van der Waals surface area (Å²) in [6, 6.07) is 6.83. The molecule has 0 aromatic heterocycles. The maximum atomic E-state index is 13.4. The van der Waals surface area contributed by atoms with E-state index in [1.165, 1.54) is 12.1 Å². The van der Waals surface area contributed by atoms with Crippen molar-refractivity contribution in [2.45, 2.75) is 31.5 Å². The molecule has 3 nitrogen and oxygen atoms in total. The van der Waals surface area contributed by atoms with Crippen molar-refractivity contribution in [2.75, 3.05) is 7.11 Å². The molecule has 0 aliphatic heterocycles. The number of methoxy groups -OCH3 is 1. The van der Waals surface area contributed by atoms with Crippen LogP contribution in [0.2, 0.25) is 0 Å². The van der Waals surface area contributed by atoms with Gasteiger partial charge in [0, 0.05) is 25.3 Å². The Kier molecular flexibility index (Phi) is 3.72. The van der Waals surface area contributed by atoms with E-state index in [4.69, 9.17) is 10.00 Å². The van der Waals surface area contributed by atoms with E-state index in [0.29, 0.717) is 29.8 Å². The Morgan fingerprint density at radius 1 is 1.53 bits per heavy atom. The van der Waals surface area contributed by atoms with E-state index >= 15 is 0 Å². The number of ether oxygens (including phenoxy) is 1. The fourth-order valence-electron chi connectivity index (χ4n) is 1.96. The first-order chi connectivity index (χ1) is 8.22. The number of nitrogens with one attached hydrogen (secondary N) is 1. The summed E-state index contributed by atoms with van der Waals surface area (Å²) < 4.78 is 18.6. The molecule has 0 heterocycles. The van der Waals surface area contributed by atoms with Gasteiger partial charge in [0.15, 0.2) is 0 Å². The van der Waals surface area contributed by atoms with Gasteiger partial charge in [0.25, 0.3) is 0 Å². The molecule has 1 aliphatic rings. The quantitative estimate of drug-likeness (QED) is 0.866. The zero-order chi connectivity index (χ0) is 12.3. The smallest absolute Gasteiger partial charge is 0.127 e. The fourth-order valence-corrected chi connectivity index (χ4v) is 1.96. The van der Waals surface area contributed by atoms with Crippen LogP contribution in [-0.4, -0.2) is 19.3 Å². The third-order valence-corrected chi connectivity index (χ3v) is 3.18. The van der Waals surface area contributed by atoms with Gasteiger partial charge in [-0.1, -0.05) is 0 Å². The summed E-state index contributed by atoms with van der Waals surface area (Å²) in [4.78, 5) is 0. The number of hydrogen-bond acceptors (Lipinski definition) is 3. The minimum Gasteiger partial charge on any atom is -0.381 e. The van der Waals surface area contributed by atoms with Crippen LogP contribution in [0.1, 0.15) is 24.0 Å². The van der Waals surface area contributed by atoms with Crippen LogP contribution < -0.4 is 5.32 Å². The molecule has 1 aliphatic carbocycles. The summed E-state index contributed by atoms with van der Waals surface area (Å²) in [6.07, 6.45) is 2.27. The topological polar surface area (TPSA) is 45.0 Å². The lowest BCUT2D eigenvalue weighted by Gasteiger charge is -2.34. The summed E-state index contributed by atoms with van der Waals surface area (Å²) >= 11 is 0. The molecule has 1 fully saturated rings. The van der Waals surface area contributed by atoms with Crippen LogP contribution in [0.5, 0.6) is 0 Å². The van der Waals surface area contributed by atoms with Gasteiger partial charge in [-0.15, -0.1) is 0 Å². The Hall–Kier alpha value is -1.44. The normalized spacial score (nSPS) is 22.9. The molecule has 2 rings (SSSR count). The van der Waals surface area contributed by atoms with Crippen molar-refractivity contribution < 1.29 is 9.13 Å². The summed E-state index contributed by atoms with van der Waals surface area (Å²) in [6.45, 7) is 0.461. The van der Waals surface area contributed by atoms with E-state index in [1.807, 2.05) is 6.07 Å². The van der Waals surface area contributed by atoms with E-state index in [1.54, 1.807) is 13.2 Å². The van der Waals surface area contributed by atoms with Crippen molar-refractivity contribution in [3.8, 4) is 6.07 Å². The summed E-state index contributed by atoms with van der Waals surface area (Å²) in [5.74, 6) is -0.265. The third kappa shape index (κ3) is 2.82. The van der Waals surface area contributed by atoms with Crippen molar-refractivity contribution in [3.05, 3.63) is 35.1 Å². The second kappa shape index (κ2) is 5.26. The van der Waals surface area contributed by atoms with Gasteiger partial charge in [0.1, 0.15) is 5.82 Å². The third-order valence-electron chi connectivity index (χ3n) is 3.18. The van der Waals surface area contributed by atoms with Crippen LogP contribution in [0, 0.1) is 17.1 Å². The van der Waals surface area contributed by atoms with E-state index in [-0.39, 0.29) is 5.82 Å². The van der Waals surface area contributed by atoms with Crippen LogP contribution in [0.15, 0.2) is 18.2 Å². The Morgan fingerprint density at radius 2 is 2.29 bits per heavy atom. The van der Waals surface area contributed by atoms with Crippen molar-refractivity contribution in [2.24, 2.45) is 0 Å². The zero-order valence-corrected chi connectivity index (χ0v) is 9.74. The lowest BCUT2D eigenvalue weighted by Crippen LogP contribution is -2.44. The van der Waals surface area contributed by atoms with Crippen molar-refractivity contribution in [3.63, 3.8) is 0 Å². The summed E-state index contributed by atoms with van der Waals surface area (Å²) in [7, 11) is 1.71. The standard InChI is InChI=1S/C13H15FN2O/c1-17-12-5-11(6-12)16-8-10-4-9(7-15)2-3-13(10)14/h2-4,11-12,16H,5-6,8H2,1H3. The van der Waals surface area contributed by atoms with E-state index in [0.717, 1.165) is 12.8 Å². The number of nitriles is 1. The molecule has 0 amide bonds. The maximum Gasteiger partial charge on any atom is 0.127 e. The highest BCUT2D eigenvalue weighted by atomic mass is 19.1. The van der Waals surface area contributed by atoms with Gasteiger partial charge in [-0.05, 0) is 31.0 Å². The molecule has 0 atom stereocenters. The maximum absolute atomic E-state index is 13.4. The molecule has 17 heavy (non-hydrogen) atoms. The van der Waals surface area contributed by atoms with E-state index in [9.17, 15) is 4.39 Å². The molecule has 1 N–H and O–H groups in total. The molecule has 0 unspecified atom stereocenters. The minimum absolute atomic E-state index is 0.265. The van der Waals surface area contributed by atoms with Crippen molar-refractivity contribution in [1.82, 2.24) is 5.32 Å². The second-order valence-electron chi connectivity index (χ2n) is 4.32. The molecule has 4 heteroatoms. The SMILES string of the molecule is COC1CC(NCc2cc(C#N)ccc2F)C1. The molecule has 0 bridgehead atoms. The highest BCUT2D eigenvalue weighted by Crippen LogP contribution is 2.23. The van der Waals surface area contributed by atoms with Crippen LogP contribution in [-0.2, 0) is 11.3 Å². The van der Waals surface area contributed by atoms with Gasteiger partial charge in [-0.3, -0.25) is 0 Å².